The number of fused-ring (bicyclic) bond motifs is 1. The lowest BCUT2D eigenvalue weighted by molar-refractivity contribution is 0.0730. The van der Waals surface area contributed by atoms with Gasteiger partial charge in [0.15, 0.2) is 17.1 Å². The summed E-state index contributed by atoms with van der Waals surface area (Å²) in [5, 5.41) is 10.3. The van der Waals surface area contributed by atoms with Crippen molar-refractivity contribution in [3.63, 3.8) is 0 Å². The lowest BCUT2D eigenvalue weighted by Gasteiger charge is -2.21. The van der Waals surface area contributed by atoms with Crippen LogP contribution in [0, 0.1) is 0 Å². The highest BCUT2D eigenvalue weighted by Crippen LogP contribution is 2.37. The number of carbonyl (C=O) groups is 1. The van der Waals surface area contributed by atoms with Gasteiger partial charge in [-0.25, -0.2) is 9.59 Å². The van der Waals surface area contributed by atoms with Crippen LogP contribution in [-0.4, -0.2) is 16.7 Å². The van der Waals surface area contributed by atoms with Gasteiger partial charge in [0.1, 0.15) is 5.60 Å². The topological polar surface area (TPSA) is 86.0 Å². The molecule has 0 aliphatic carbocycles. The van der Waals surface area contributed by atoms with E-state index in [1.54, 1.807) is 48.5 Å². The molecule has 0 bridgehead atoms. The lowest BCUT2D eigenvalue weighted by atomic mass is 10.1. The van der Waals surface area contributed by atoms with E-state index in [0.717, 1.165) is 0 Å². The zero-order valence-corrected chi connectivity index (χ0v) is 14.6. The van der Waals surface area contributed by atoms with Crippen molar-refractivity contribution in [2.45, 2.75) is 26.4 Å². The van der Waals surface area contributed by atoms with Crippen molar-refractivity contribution in [1.82, 2.24) is 0 Å². The second kappa shape index (κ2) is 6.55. The Kier molecular flexibility index (Phi) is 4.42. The zero-order valence-electron chi connectivity index (χ0n) is 14.6. The highest BCUT2D eigenvalue weighted by molar-refractivity contribution is 5.96. The summed E-state index contributed by atoms with van der Waals surface area (Å²) in [4.78, 5) is 24.4. The fourth-order valence-electron chi connectivity index (χ4n) is 2.40. The molecule has 0 fully saturated rings. The van der Waals surface area contributed by atoms with Crippen LogP contribution in [0.2, 0.25) is 0 Å². The van der Waals surface area contributed by atoms with Crippen LogP contribution in [0.1, 0.15) is 31.1 Å². The molecule has 6 heteroatoms. The molecular weight excluding hydrogens is 336 g/mol. The number of para-hydroxylation sites is 1. The van der Waals surface area contributed by atoms with Crippen LogP contribution in [0.4, 0.5) is 0 Å². The number of esters is 1. The quantitative estimate of drug-likeness (QED) is 0.567. The Morgan fingerprint density at radius 3 is 2.38 bits per heavy atom. The Morgan fingerprint density at radius 2 is 1.73 bits per heavy atom. The summed E-state index contributed by atoms with van der Waals surface area (Å²) < 4.78 is 16.3. The molecule has 3 rings (SSSR count). The molecule has 0 radical (unpaired) electrons. The van der Waals surface area contributed by atoms with Crippen LogP contribution in [0.15, 0.2) is 57.7 Å². The van der Waals surface area contributed by atoms with Gasteiger partial charge in [-0.1, -0.05) is 24.3 Å². The maximum absolute atomic E-state index is 12.3. The van der Waals surface area contributed by atoms with Gasteiger partial charge in [0.2, 0.25) is 5.75 Å². The minimum absolute atomic E-state index is 0.0982. The van der Waals surface area contributed by atoms with Crippen LogP contribution >= 0.6 is 0 Å². The Morgan fingerprint density at radius 1 is 1.04 bits per heavy atom. The van der Waals surface area contributed by atoms with E-state index < -0.39 is 22.9 Å². The van der Waals surface area contributed by atoms with Crippen molar-refractivity contribution in [2.24, 2.45) is 0 Å². The summed E-state index contributed by atoms with van der Waals surface area (Å²) in [5.41, 5.74) is -1.17. The molecule has 26 heavy (non-hydrogen) atoms. The van der Waals surface area contributed by atoms with Crippen LogP contribution in [-0.2, 0) is 0 Å². The zero-order chi connectivity index (χ0) is 18.9. The first kappa shape index (κ1) is 17.5. The number of hydrogen-bond donors (Lipinski definition) is 1. The van der Waals surface area contributed by atoms with Crippen molar-refractivity contribution < 1.29 is 23.8 Å². The van der Waals surface area contributed by atoms with Gasteiger partial charge in [0.05, 0.1) is 10.9 Å². The maximum Gasteiger partial charge on any atom is 0.382 e. The normalized spacial score (nSPS) is 11.3. The van der Waals surface area contributed by atoms with Gasteiger partial charge in [-0.15, -0.1) is 0 Å². The van der Waals surface area contributed by atoms with E-state index in [4.69, 9.17) is 13.9 Å². The fraction of sp³-hybridized carbons (Fsp3) is 0.200. The number of hydrogen-bond acceptors (Lipinski definition) is 6. The molecule has 1 aromatic heterocycles. The van der Waals surface area contributed by atoms with E-state index in [1.165, 1.54) is 0 Å². The second-order valence-electron chi connectivity index (χ2n) is 6.67. The minimum Gasteiger partial charge on any atom is -0.499 e. The first-order chi connectivity index (χ1) is 12.3. The molecule has 134 valence electrons. The van der Waals surface area contributed by atoms with Crippen LogP contribution in [0.25, 0.3) is 11.0 Å². The van der Waals surface area contributed by atoms with Crippen LogP contribution in [0.5, 0.6) is 17.2 Å². The molecule has 0 aliphatic rings. The van der Waals surface area contributed by atoms with Crippen LogP contribution in [0.3, 0.4) is 0 Å². The number of aromatic hydroxyl groups is 1. The Labute approximate surface area is 149 Å². The monoisotopic (exact) mass is 354 g/mol. The van der Waals surface area contributed by atoms with Gasteiger partial charge in [-0.2, -0.15) is 0 Å². The van der Waals surface area contributed by atoms with Gasteiger partial charge in [0, 0.05) is 0 Å². The highest BCUT2D eigenvalue weighted by Gasteiger charge is 2.23. The predicted octanol–water partition coefficient (Wildman–Crippen LogP) is 3.90. The average molecular weight is 354 g/mol. The third kappa shape index (κ3) is 3.54. The first-order valence-corrected chi connectivity index (χ1v) is 8.01. The molecule has 2 aromatic carbocycles. The molecule has 1 N–H and O–H groups in total. The van der Waals surface area contributed by atoms with Gasteiger partial charge in [-0.05, 0) is 45.0 Å². The number of rotatable bonds is 3. The van der Waals surface area contributed by atoms with Gasteiger partial charge < -0.3 is 19.0 Å². The molecule has 0 saturated heterocycles. The smallest absolute Gasteiger partial charge is 0.382 e. The van der Waals surface area contributed by atoms with E-state index in [9.17, 15) is 14.7 Å². The molecule has 6 nitrogen and oxygen atoms in total. The van der Waals surface area contributed by atoms with Gasteiger partial charge in [0.25, 0.3) is 0 Å². The largest absolute Gasteiger partial charge is 0.499 e. The summed E-state index contributed by atoms with van der Waals surface area (Å²) in [6, 6.07) is 13.1. The van der Waals surface area contributed by atoms with E-state index in [1.807, 2.05) is 20.8 Å². The van der Waals surface area contributed by atoms with Crippen LogP contribution < -0.4 is 15.1 Å². The summed E-state index contributed by atoms with van der Waals surface area (Å²) in [7, 11) is 0. The number of carbonyl (C=O) groups excluding carboxylic acids is 1. The fourth-order valence-corrected chi connectivity index (χ4v) is 2.40. The molecule has 0 aliphatic heterocycles. The Hall–Kier alpha value is -3.28. The Balaban J connectivity index is 2.13. The predicted molar refractivity (Wildman–Crippen MR) is 95.9 cm³/mol. The third-order valence-corrected chi connectivity index (χ3v) is 3.45. The first-order valence-electron chi connectivity index (χ1n) is 8.01. The summed E-state index contributed by atoms with van der Waals surface area (Å²) in [6.07, 6.45) is 0. The highest BCUT2D eigenvalue weighted by atomic mass is 16.5. The molecule has 3 aromatic rings. The van der Waals surface area contributed by atoms with Crippen molar-refractivity contribution in [1.29, 1.82) is 0 Å². The lowest BCUT2D eigenvalue weighted by Crippen LogP contribution is -2.23. The van der Waals surface area contributed by atoms with Crippen molar-refractivity contribution >= 4 is 16.9 Å². The van der Waals surface area contributed by atoms with E-state index in [-0.39, 0.29) is 22.3 Å². The summed E-state index contributed by atoms with van der Waals surface area (Å²) in [5.74, 6) is -1.42. The SMILES string of the molecule is CC(C)(C)Oc1cccc2c(OC(=O)c3ccccc3)c(O)c(=O)oc12. The maximum atomic E-state index is 12.3. The molecule has 0 spiro atoms. The van der Waals surface area contributed by atoms with Gasteiger partial charge >= 0.3 is 11.6 Å². The molecule has 0 atom stereocenters. The summed E-state index contributed by atoms with van der Waals surface area (Å²) in [6.45, 7) is 5.54. The standard InChI is InChI=1S/C20H18O6/c1-20(2,3)26-14-11-7-10-13-16(14)24-19(23)15(21)17(13)25-18(22)12-8-5-4-6-9-12/h4-11,21H,1-3H3. The second-order valence-corrected chi connectivity index (χ2v) is 6.67. The number of benzene rings is 2. The molecule has 0 amide bonds. The minimum atomic E-state index is -1.02. The Bertz CT molecular complexity index is 1010. The molecular formula is C20H18O6. The van der Waals surface area contributed by atoms with E-state index in [2.05, 4.69) is 0 Å². The van der Waals surface area contributed by atoms with Crippen molar-refractivity contribution in [2.75, 3.05) is 0 Å². The van der Waals surface area contributed by atoms with Crippen molar-refractivity contribution in [3.8, 4) is 17.2 Å². The van der Waals surface area contributed by atoms with E-state index in [0.29, 0.717) is 5.75 Å². The average Bonchev–Trinajstić information content (AvgIpc) is 2.59. The van der Waals surface area contributed by atoms with Crippen molar-refractivity contribution in [3.05, 3.63) is 64.5 Å². The molecule has 0 unspecified atom stereocenters. The van der Waals surface area contributed by atoms with Gasteiger partial charge in [-0.3, -0.25) is 0 Å². The third-order valence-electron chi connectivity index (χ3n) is 3.45. The number of ether oxygens (including phenoxy) is 2. The van der Waals surface area contributed by atoms with E-state index >= 15 is 0 Å². The molecule has 0 saturated carbocycles. The molecule has 1 heterocycles. The summed E-state index contributed by atoms with van der Waals surface area (Å²) >= 11 is 0.